The van der Waals surface area contributed by atoms with Gasteiger partial charge in [0.05, 0.1) is 19.3 Å². The molecule has 0 atom stereocenters. The molecule has 13 nitrogen and oxygen atoms in total. The fourth-order valence-electron chi connectivity index (χ4n) is 3.71. The maximum atomic E-state index is 15.0. The highest BCUT2D eigenvalue weighted by molar-refractivity contribution is 5.91. The number of amides is 1. The topological polar surface area (TPSA) is 174 Å². The first-order chi connectivity index (χ1) is 18.0. The number of ether oxygens (including phenoxy) is 2. The number of aromatic nitrogens is 5. The van der Waals surface area contributed by atoms with E-state index in [1.165, 1.54) is 29.6 Å². The van der Waals surface area contributed by atoms with Gasteiger partial charge in [-0.3, -0.25) is 15.7 Å². The zero-order chi connectivity index (χ0) is 27.6. The second kappa shape index (κ2) is 10.3. The zero-order valence-corrected chi connectivity index (χ0v) is 19.5. The van der Waals surface area contributed by atoms with E-state index < -0.39 is 48.1 Å². The van der Waals surface area contributed by atoms with E-state index in [2.05, 4.69) is 24.7 Å². The molecule has 3 aromatic rings. The molecular weight excluding hydrogens is 518 g/mol. The van der Waals surface area contributed by atoms with Crippen molar-refractivity contribution in [2.75, 3.05) is 18.6 Å². The lowest BCUT2D eigenvalue weighted by atomic mass is 10.1. The average molecular weight is 537 g/mol. The van der Waals surface area contributed by atoms with Gasteiger partial charge in [-0.05, 0) is 6.07 Å². The standard InChI is InChI=1S/C21H19F4N9O4/c1-37-16(35)15-12-8-33(4-5-34(12)17(31-15)21(23,24)25)19-29-6-11(7-30-19)14-13(22)10(2-3-28-14)9-38-20(36)32-18(26)27/h2-3,6-7H,4-5,8-9H2,1H3,(H4,26,27,32,36). The molecule has 0 fully saturated rings. The lowest BCUT2D eigenvalue weighted by molar-refractivity contribution is -0.147. The number of carbonyl (C=O) groups is 2. The van der Waals surface area contributed by atoms with Crippen molar-refractivity contribution in [1.82, 2.24) is 29.8 Å². The molecule has 200 valence electrons. The van der Waals surface area contributed by atoms with E-state index in [-0.39, 0.29) is 48.1 Å². The third-order valence-corrected chi connectivity index (χ3v) is 5.40. The molecule has 0 saturated carbocycles. The Kier molecular flexibility index (Phi) is 7.09. The van der Waals surface area contributed by atoms with Crippen LogP contribution in [0, 0.1) is 11.2 Å². The first kappa shape index (κ1) is 26.2. The summed E-state index contributed by atoms with van der Waals surface area (Å²) in [5, 5.41) is 8.88. The van der Waals surface area contributed by atoms with Gasteiger partial charge in [0.1, 0.15) is 12.3 Å². The van der Waals surface area contributed by atoms with E-state index in [9.17, 15) is 27.2 Å². The predicted octanol–water partition coefficient (Wildman–Crippen LogP) is 1.82. The number of hydrogen-bond donors (Lipinski definition) is 3. The number of nitrogens with zero attached hydrogens (tertiary/aromatic N) is 6. The van der Waals surface area contributed by atoms with E-state index in [0.29, 0.717) is 0 Å². The van der Waals surface area contributed by atoms with E-state index >= 15 is 0 Å². The van der Waals surface area contributed by atoms with Crippen LogP contribution in [0.5, 0.6) is 0 Å². The van der Waals surface area contributed by atoms with Crippen LogP contribution in [0.1, 0.15) is 27.6 Å². The van der Waals surface area contributed by atoms with Crippen molar-refractivity contribution in [3.63, 3.8) is 0 Å². The highest BCUT2D eigenvalue weighted by Crippen LogP contribution is 2.33. The van der Waals surface area contributed by atoms with Gasteiger partial charge in [0.15, 0.2) is 17.5 Å². The summed E-state index contributed by atoms with van der Waals surface area (Å²) >= 11 is 0. The van der Waals surface area contributed by atoms with Crippen LogP contribution in [0.3, 0.4) is 0 Å². The van der Waals surface area contributed by atoms with Crippen LogP contribution in [0.2, 0.25) is 0 Å². The quantitative estimate of drug-likeness (QED) is 0.188. The van der Waals surface area contributed by atoms with Crippen molar-refractivity contribution in [2.24, 2.45) is 5.73 Å². The molecule has 4 heterocycles. The van der Waals surface area contributed by atoms with Crippen LogP contribution in [-0.2, 0) is 35.3 Å². The molecule has 38 heavy (non-hydrogen) atoms. The van der Waals surface area contributed by atoms with E-state index in [4.69, 9.17) is 15.9 Å². The molecule has 0 aliphatic carbocycles. The molecule has 4 N–H and O–H groups in total. The Bertz CT molecular complexity index is 1390. The van der Waals surface area contributed by atoms with Gasteiger partial charge in [-0.1, -0.05) is 0 Å². The summed E-state index contributed by atoms with van der Waals surface area (Å²) in [4.78, 5) is 40.9. The average Bonchev–Trinajstić information content (AvgIpc) is 3.27. The summed E-state index contributed by atoms with van der Waals surface area (Å²) in [6.45, 7) is -0.694. The smallest absolute Gasteiger partial charge is 0.449 e. The third kappa shape index (κ3) is 5.30. The lowest BCUT2D eigenvalue weighted by Gasteiger charge is -2.29. The monoisotopic (exact) mass is 537 g/mol. The number of halogens is 4. The highest BCUT2D eigenvalue weighted by atomic mass is 19.4. The summed E-state index contributed by atoms with van der Waals surface area (Å²) in [6, 6.07) is 1.29. The Morgan fingerprint density at radius 1 is 1.21 bits per heavy atom. The minimum atomic E-state index is -4.77. The van der Waals surface area contributed by atoms with Gasteiger partial charge in [0, 0.05) is 42.8 Å². The fraction of sp³-hybridized carbons (Fsp3) is 0.286. The molecule has 17 heteroatoms. The second-order valence-electron chi connectivity index (χ2n) is 7.81. The number of pyridine rings is 1. The molecule has 0 spiro atoms. The highest BCUT2D eigenvalue weighted by Gasteiger charge is 2.41. The maximum Gasteiger partial charge on any atom is 0.449 e. The van der Waals surface area contributed by atoms with Crippen molar-refractivity contribution >= 4 is 24.0 Å². The van der Waals surface area contributed by atoms with Crippen molar-refractivity contribution in [1.29, 1.82) is 5.41 Å². The van der Waals surface area contributed by atoms with Crippen LogP contribution in [0.4, 0.5) is 28.3 Å². The number of hydrogen-bond acceptors (Lipinski definition) is 10. The number of esters is 1. The zero-order valence-electron chi connectivity index (χ0n) is 19.5. The van der Waals surface area contributed by atoms with Crippen molar-refractivity contribution in [3.05, 3.63) is 53.2 Å². The number of methoxy groups -OCH3 is 1. The first-order valence-electron chi connectivity index (χ1n) is 10.7. The van der Waals surface area contributed by atoms with Crippen LogP contribution in [0.25, 0.3) is 11.3 Å². The van der Waals surface area contributed by atoms with Gasteiger partial charge < -0.3 is 24.7 Å². The van der Waals surface area contributed by atoms with Crippen molar-refractivity contribution < 1.29 is 36.6 Å². The number of carbonyl (C=O) groups excluding carboxylic acids is 2. The lowest BCUT2D eigenvalue weighted by Crippen LogP contribution is -2.36. The Morgan fingerprint density at radius 3 is 2.55 bits per heavy atom. The number of nitrogens with two attached hydrogens (primary N) is 1. The number of imidazole rings is 1. The fourth-order valence-corrected chi connectivity index (χ4v) is 3.71. The molecule has 1 aliphatic rings. The molecule has 3 aromatic heterocycles. The number of anilines is 1. The second-order valence-corrected chi connectivity index (χ2v) is 7.81. The maximum absolute atomic E-state index is 15.0. The summed E-state index contributed by atoms with van der Waals surface area (Å²) in [5.74, 6) is -3.53. The minimum absolute atomic E-state index is 0.00248. The Morgan fingerprint density at radius 2 is 1.92 bits per heavy atom. The molecule has 0 bridgehead atoms. The van der Waals surface area contributed by atoms with Gasteiger partial charge >= 0.3 is 18.2 Å². The summed E-state index contributed by atoms with van der Waals surface area (Å²) in [7, 11) is 1.04. The van der Waals surface area contributed by atoms with Gasteiger partial charge in [-0.25, -0.2) is 28.9 Å². The molecule has 4 rings (SSSR count). The van der Waals surface area contributed by atoms with E-state index in [1.807, 2.05) is 5.32 Å². The summed E-state index contributed by atoms with van der Waals surface area (Å²) < 4.78 is 65.6. The van der Waals surface area contributed by atoms with Gasteiger partial charge in [-0.2, -0.15) is 13.2 Å². The molecule has 0 aromatic carbocycles. The SMILES string of the molecule is COC(=O)c1nc(C(F)(F)F)n2c1CN(c1ncc(-c3nccc(COC(=O)NC(=N)N)c3F)cn1)CC2. The number of alkyl carbamates (subject to hydrolysis) is 1. The first-order valence-corrected chi connectivity index (χ1v) is 10.7. The van der Waals surface area contributed by atoms with Gasteiger partial charge in [0.25, 0.3) is 0 Å². The van der Waals surface area contributed by atoms with Crippen LogP contribution in [0.15, 0.2) is 24.7 Å². The van der Waals surface area contributed by atoms with Crippen LogP contribution >= 0.6 is 0 Å². The number of nitrogens with one attached hydrogen (secondary N) is 2. The molecule has 0 radical (unpaired) electrons. The molecular formula is C21H19F4N9O4. The molecule has 1 aliphatic heterocycles. The van der Waals surface area contributed by atoms with Crippen LogP contribution in [-0.4, -0.2) is 56.2 Å². The predicted molar refractivity (Wildman–Crippen MR) is 120 cm³/mol. The third-order valence-electron chi connectivity index (χ3n) is 5.40. The molecule has 1 amide bonds. The molecule has 0 unspecified atom stereocenters. The summed E-state index contributed by atoms with van der Waals surface area (Å²) in [6.07, 6.45) is -1.98. The van der Waals surface area contributed by atoms with E-state index in [1.54, 1.807) is 0 Å². The number of rotatable bonds is 5. The largest absolute Gasteiger partial charge is 0.464 e. The van der Waals surface area contributed by atoms with E-state index in [0.717, 1.165) is 11.7 Å². The molecule has 0 saturated heterocycles. The summed E-state index contributed by atoms with van der Waals surface area (Å²) in [5.41, 5.74) is 4.60. The number of fused-ring (bicyclic) bond motifs is 1. The van der Waals surface area contributed by atoms with Crippen molar-refractivity contribution in [2.45, 2.75) is 25.9 Å². The normalized spacial score (nSPS) is 13.0. The number of alkyl halides is 3. The minimum Gasteiger partial charge on any atom is -0.464 e. The van der Waals surface area contributed by atoms with Gasteiger partial charge in [0.2, 0.25) is 11.8 Å². The Labute approximate surface area is 211 Å². The van der Waals surface area contributed by atoms with Gasteiger partial charge in [-0.15, -0.1) is 0 Å². The number of guanidine groups is 1. The Hall–Kier alpha value is -4.83. The Balaban J connectivity index is 1.54. The van der Waals surface area contributed by atoms with Crippen molar-refractivity contribution in [3.8, 4) is 11.3 Å². The van der Waals surface area contributed by atoms with Crippen LogP contribution < -0.4 is 16.0 Å².